The zero-order valence-corrected chi connectivity index (χ0v) is 14.3. The number of hydrogen-bond donors (Lipinski definition) is 1. The van der Waals surface area contributed by atoms with E-state index in [0.717, 1.165) is 24.2 Å². The molecule has 0 aliphatic heterocycles. The normalized spacial score (nSPS) is 13.7. The van der Waals surface area contributed by atoms with Crippen molar-refractivity contribution in [2.75, 3.05) is 0 Å². The highest BCUT2D eigenvalue weighted by Crippen LogP contribution is 2.40. The molecule has 2 heteroatoms. The number of aryl methyl sites for hydroxylation is 1. The quantitative estimate of drug-likeness (QED) is 0.363. The fraction of sp³-hybridized carbons (Fsp3) is 0.0833. The summed E-state index contributed by atoms with van der Waals surface area (Å²) in [6, 6.07) is 21.4. The number of para-hydroxylation sites is 2. The van der Waals surface area contributed by atoms with Crippen LogP contribution in [0, 0.1) is 0 Å². The van der Waals surface area contributed by atoms with Crippen LogP contribution in [-0.4, -0.2) is 4.98 Å². The summed E-state index contributed by atoms with van der Waals surface area (Å²) in [6.07, 6.45) is 6.51. The van der Waals surface area contributed by atoms with Crippen LogP contribution in [0.15, 0.2) is 71.2 Å². The van der Waals surface area contributed by atoms with Gasteiger partial charge < -0.3 is 9.40 Å². The molecule has 0 atom stereocenters. The Balaban J connectivity index is 1.74. The van der Waals surface area contributed by atoms with E-state index >= 15 is 0 Å². The molecule has 0 bridgehead atoms. The van der Waals surface area contributed by atoms with Crippen molar-refractivity contribution < 1.29 is 4.42 Å². The molecule has 2 aromatic heterocycles. The maximum Gasteiger partial charge on any atom is 0.135 e. The molecule has 0 radical (unpaired) electrons. The number of rotatable bonds is 1. The van der Waals surface area contributed by atoms with Gasteiger partial charge in [0.1, 0.15) is 11.3 Å². The van der Waals surface area contributed by atoms with Crippen molar-refractivity contribution in [2.45, 2.75) is 12.8 Å². The molecule has 1 aliphatic rings. The van der Waals surface area contributed by atoms with Gasteiger partial charge in [0.15, 0.2) is 0 Å². The predicted molar refractivity (Wildman–Crippen MR) is 108 cm³/mol. The van der Waals surface area contributed by atoms with Crippen molar-refractivity contribution in [1.82, 2.24) is 4.98 Å². The van der Waals surface area contributed by atoms with Gasteiger partial charge in [-0.25, -0.2) is 0 Å². The second-order valence-electron chi connectivity index (χ2n) is 6.96. The van der Waals surface area contributed by atoms with E-state index in [-0.39, 0.29) is 0 Å². The number of aromatic amines is 1. The van der Waals surface area contributed by atoms with Crippen LogP contribution in [0.2, 0.25) is 0 Å². The second-order valence-corrected chi connectivity index (χ2v) is 6.96. The van der Waals surface area contributed by atoms with E-state index < -0.39 is 0 Å². The summed E-state index contributed by atoms with van der Waals surface area (Å²) in [4.78, 5) is 3.63. The number of fused-ring (bicyclic) bond motifs is 6. The van der Waals surface area contributed by atoms with E-state index in [4.69, 9.17) is 4.42 Å². The van der Waals surface area contributed by atoms with Crippen molar-refractivity contribution in [3.63, 3.8) is 0 Å². The van der Waals surface area contributed by atoms with Crippen molar-refractivity contribution in [3.8, 4) is 11.1 Å². The van der Waals surface area contributed by atoms with Gasteiger partial charge in [0.25, 0.3) is 0 Å². The average Bonchev–Trinajstić information content (AvgIpc) is 3.26. The average molecular weight is 335 g/mol. The van der Waals surface area contributed by atoms with Gasteiger partial charge in [0, 0.05) is 39.2 Å². The minimum absolute atomic E-state index is 0.979. The van der Waals surface area contributed by atoms with E-state index in [1.54, 1.807) is 0 Å². The molecule has 0 amide bonds. The highest BCUT2D eigenvalue weighted by Gasteiger charge is 2.19. The zero-order valence-electron chi connectivity index (χ0n) is 14.3. The first-order valence-corrected chi connectivity index (χ1v) is 9.11. The first kappa shape index (κ1) is 14.0. The van der Waals surface area contributed by atoms with E-state index in [1.807, 2.05) is 0 Å². The summed E-state index contributed by atoms with van der Waals surface area (Å²) in [7, 11) is 0. The van der Waals surface area contributed by atoms with Gasteiger partial charge in [-0.05, 0) is 24.1 Å². The Labute approximate surface area is 150 Å². The van der Waals surface area contributed by atoms with Gasteiger partial charge in [-0.3, -0.25) is 0 Å². The molecular formula is C24H17NO. The van der Waals surface area contributed by atoms with Gasteiger partial charge >= 0.3 is 0 Å². The number of aromatic nitrogens is 1. The number of furan rings is 1. The van der Waals surface area contributed by atoms with E-state index in [1.165, 1.54) is 43.9 Å². The lowest BCUT2D eigenvalue weighted by Gasteiger charge is -2.08. The molecule has 0 spiro atoms. The van der Waals surface area contributed by atoms with Crippen LogP contribution < -0.4 is 0 Å². The molecule has 1 aliphatic carbocycles. The summed E-state index contributed by atoms with van der Waals surface area (Å²) in [6.45, 7) is 0. The lowest BCUT2D eigenvalue weighted by Crippen LogP contribution is -1.89. The zero-order chi connectivity index (χ0) is 17.1. The lowest BCUT2D eigenvalue weighted by atomic mass is 9.94. The predicted octanol–water partition coefficient (Wildman–Crippen LogP) is 6.69. The number of benzene rings is 3. The third-order valence-electron chi connectivity index (χ3n) is 5.48. The van der Waals surface area contributed by atoms with Gasteiger partial charge in [-0.1, -0.05) is 60.7 Å². The number of nitrogens with one attached hydrogen (secondary N) is 1. The topological polar surface area (TPSA) is 28.9 Å². The minimum atomic E-state index is 0.979. The molecule has 0 saturated heterocycles. The Kier molecular flexibility index (Phi) is 2.75. The van der Waals surface area contributed by atoms with Gasteiger partial charge in [0.2, 0.25) is 0 Å². The van der Waals surface area contributed by atoms with Crippen LogP contribution in [0.25, 0.3) is 50.0 Å². The standard InChI is InChI=1S/C24H17NO/c1-3-12-20-15(7-1)17-10-5-11-18(24(17)25-20)16-9-6-14-22-23(16)19-8-2-4-13-21(19)26-22/h1-3,5-12,14,25H,4,13H2. The Bertz CT molecular complexity index is 1330. The van der Waals surface area contributed by atoms with Crippen LogP contribution in [0.5, 0.6) is 0 Å². The van der Waals surface area contributed by atoms with Gasteiger partial charge in [0.05, 0.1) is 5.52 Å². The first-order chi connectivity index (χ1) is 12.9. The van der Waals surface area contributed by atoms with Crippen molar-refractivity contribution in [3.05, 3.63) is 78.1 Å². The smallest absolute Gasteiger partial charge is 0.135 e. The van der Waals surface area contributed by atoms with E-state index in [9.17, 15) is 0 Å². The van der Waals surface area contributed by atoms with E-state index in [0.29, 0.717) is 0 Å². The number of hydrogen-bond acceptors (Lipinski definition) is 1. The number of allylic oxidation sites excluding steroid dienone is 1. The number of H-pyrrole nitrogens is 1. The molecule has 5 aromatic rings. The van der Waals surface area contributed by atoms with Crippen LogP contribution in [0.4, 0.5) is 0 Å². The molecule has 3 aromatic carbocycles. The highest BCUT2D eigenvalue weighted by atomic mass is 16.3. The summed E-state index contributed by atoms with van der Waals surface area (Å²) in [5, 5.41) is 3.76. The fourth-order valence-corrected chi connectivity index (χ4v) is 4.32. The lowest BCUT2D eigenvalue weighted by molar-refractivity contribution is 0.546. The van der Waals surface area contributed by atoms with Gasteiger partial charge in [-0.2, -0.15) is 0 Å². The Hall–Kier alpha value is -3.26. The maximum atomic E-state index is 6.16. The highest BCUT2D eigenvalue weighted by molar-refractivity contribution is 6.14. The van der Waals surface area contributed by atoms with Crippen molar-refractivity contribution >= 4 is 38.9 Å². The second kappa shape index (κ2) is 5.12. The van der Waals surface area contributed by atoms with Crippen LogP contribution in [-0.2, 0) is 6.42 Å². The first-order valence-electron chi connectivity index (χ1n) is 9.11. The summed E-state index contributed by atoms with van der Waals surface area (Å²) >= 11 is 0. The summed E-state index contributed by atoms with van der Waals surface area (Å²) < 4.78 is 6.16. The van der Waals surface area contributed by atoms with Crippen LogP contribution in [0.1, 0.15) is 17.7 Å². The molecule has 124 valence electrons. The maximum absolute atomic E-state index is 6.16. The molecule has 0 unspecified atom stereocenters. The molecule has 2 heterocycles. The molecule has 0 fully saturated rings. The van der Waals surface area contributed by atoms with Crippen molar-refractivity contribution in [1.29, 1.82) is 0 Å². The van der Waals surface area contributed by atoms with Crippen LogP contribution >= 0.6 is 0 Å². The molecule has 0 saturated carbocycles. The monoisotopic (exact) mass is 335 g/mol. The molecular weight excluding hydrogens is 318 g/mol. The SMILES string of the molecule is C1=Cc2c(oc3cccc(-c4cccc5c4[nH]c4ccccc45)c23)CC1. The third kappa shape index (κ3) is 1.81. The fourth-order valence-electron chi connectivity index (χ4n) is 4.32. The Morgan fingerprint density at radius 1 is 0.808 bits per heavy atom. The molecule has 1 N–H and O–H groups in total. The minimum Gasteiger partial charge on any atom is -0.460 e. The molecule has 6 rings (SSSR count). The summed E-state index contributed by atoms with van der Waals surface area (Å²) in [5.41, 5.74) is 7.05. The molecule has 2 nitrogen and oxygen atoms in total. The third-order valence-corrected chi connectivity index (χ3v) is 5.48. The Morgan fingerprint density at radius 3 is 2.65 bits per heavy atom. The van der Waals surface area contributed by atoms with Gasteiger partial charge in [-0.15, -0.1) is 0 Å². The van der Waals surface area contributed by atoms with Crippen LogP contribution in [0.3, 0.4) is 0 Å². The largest absolute Gasteiger partial charge is 0.460 e. The summed E-state index contributed by atoms with van der Waals surface area (Å²) in [5.74, 6) is 1.11. The van der Waals surface area contributed by atoms with E-state index in [2.05, 4.69) is 77.8 Å². The molecule has 26 heavy (non-hydrogen) atoms. The Morgan fingerprint density at radius 2 is 1.65 bits per heavy atom. The van der Waals surface area contributed by atoms with Crippen molar-refractivity contribution in [2.24, 2.45) is 0 Å².